The summed E-state index contributed by atoms with van der Waals surface area (Å²) in [4.78, 5) is 8.83. The molecule has 0 fully saturated rings. The van der Waals surface area contributed by atoms with E-state index >= 15 is 0 Å². The number of nitrogens with one attached hydrogen (secondary N) is 1. The summed E-state index contributed by atoms with van der Waals surface area (Å²) in [7, 11) is 1.60. The number of imidazole rings is 1. The smallest absolute Gasteiger partial charge is 0.238 e. The number of methoxy groups -OCH3 is 1. The van der Waals surface area contributed by atoms with Gasteiger partial charge in [0.15, 0.2) is 5.82 Å². The summed E-state index contributed by atoms with van der Waals surface area (Å²) in [5.41, 5.74) is 4.20. The molecule has 0 saturated heterocycles. The van der Waals surface area contributed by atoms with Gasteiger partial charge in [0.05, 0.1) is 24.8 Å². The Morgan fingerprint density at radius 3 is 2.52 bits per heavy atom. The van der Waals surface area contributed by atoms with Crippen LogP contribution in [0.1, 0.15) is 25.1 Å². The molecule has 3 aromatic heterocycles. The van der Waals surface area contributed by atoms with Crippen molar-refractivity contribution in [1.82, 2.24) is 24.7 Å². The Bertz CT molecular complexity index is 887. The number of hydrogen-bond donors (Lipinski definition) is 1. The number of anilines is 1. The van der Waals surface area contributed by atoms with E-state index in [2.05, 4.69) is 39.3 Å². The van der Waals surface area contributed by atoms with Crippen LogP contribution in [-0.4, -0.2) is 37.9 Å². The van der Waals surface area contributed by atoms with Crippen LogP contribution in [0.15, 0.2) is 30.7 Å². The molecule has 130 valence electrons. The van der Waals surface area contributed by atoms with Crippen molar-refractivity contribution in [2.24, 2.45) is 0 Å². The van der Waals surface area contributed by atoms with Crippen molar-refractivity contribution in [3.63, 3.8) is 0 Å². The Labute approximate surface area is 147 Å². The lowest BCUT2D eigenvalue weighted by Crippen LogP contribution is -2.13. The molecular weight excluding hydrogens is 316 g/mol. The van der Waals surface area contributed by atoms with Gasteiger partial charge in [-0.2, -0.15) is 0 Å². The molecule has 0 atom stereocenters. The molecule has 0 radical (unpaired) electrons. The third-order valence-corrected chi connectivity index (χ3v) is 3.70. The van der Waals surface area contributed by atoms with Crippen LogP contribution < -0.4 is 10.1 Å². The Hall–Kier alpha value is -2.96. The van der Waals surface area contributed by atoms with E-state index in [1.54, 1.807) is 13.4 Å². The summed E-state index contributed by atoms with van der Waals surface area (Å²) in [6, 6.07) is 6.13. The minimum Gasteiger partial charge on any atom is -0.479 e. The summed E-state index contributed by atoms with van der Waals surface area (Å²) in [5, 5.41) is 11.9. The van der Waals surface area contributed by atoms with Gasteiger partial charge in [-0.15, -0.1) is 10.2 Å². The first-order chi connectivity index (χ1) is 12.0. The zero-order valence-corrected chi connectivity index (χ0v) is 15.1. The summed E-state index contributed by atoms with van der Waals surface area (Å²) >= 11 is 0. The molecule has 3 rings (SSSR count). The van der Waals surface area contributed by atoms with Crippen LogP contribution in [0.5, 0.6) is 5.88 Å². The second-order valence-corrected chi connectivity index (χ2v) is 6.21. The van der Waals surface area contributed by atoms with Gasteiger partial charge in [-0.1, -0.05) is 0 Å². The predicted molar refractivity (Wildman–Crippen MR) is 97.2 cm³/mol. The summed E-state index contributed by atoms with van der Waals surface area (Å²) in [6.07, 6.45) is 3.67. The highest BCUT2D eigenvalue weighted by atomic mass is 16.5. The molecule has 7 heteroatoms. The minimum atomic E-state index is 0.301. The molecule has 0 saturated carbocycles. The molecule has 0 aliphatic carbocycles. The first-order valence-corrected chi connectivity index (χ1v) is 8.15. The molecule has 3 heterocycles. The highest BCUT2D eigenvalue weighted by Crippen LogP contribution is 2.26. The van der Waals surface area contributed by atoms with Crippen molar-refractivity contribution < 1.29 is 4.74 Å². The van der Waals surface area contributed by atoms with Gasteiger partial charge in [-0.25, -0.2) is 9.97 Å². The zero-order valence-electron chi connectivity index (χ0n) is 15.1. The van der Waals surface area contributed by atoms with Gasteiger partial charge < -0.3 is 14.6 Å². The number of pyridine rings is 1. The Balaban J connectivity index is 1.97. The van der Waals surface area contributed by atoms with E-state index in [9.17, 15) is 0 Å². The van der Waals surface area contributed by atoms with Gasteiger partial charge >= 0.3 is 0 Å². The molecule has 3 aromatic rings. The third kappa shape index (κ3) is 3.60. The van der Waals surface area contributed by atoms with Crippen LogP contribution in [-0.2, 0) is 0 Å². The SMILES string of the molecule is COc1nc(-c2cc(C)c(NC(C)C)nn2)ccc1-n1cnc(C)c1. The van der Waals surface area contributed by atoms with Gasteiger partial charge in [0.2, 0.25) is 5.88 Å². The monoisotopic (exact) mass is 338 g/mol. The van der Waals surface area contributed by atoms with Gasteiger partial charge in [-0.05, 0) is 51.5 Å². The maximum Gasteiger partial charge on any atom is 0.238 e. The van der Waals surface area contributed by atoms with Crippen LogP contribution >= 0.6 is 0 Å². The Kier molecular flexibility index (Phi) is 4.65. The largest absolute Gasteiger partial charge is 0.479 e. The standard InChI is InChI=1S/C18H22N6O/c1-11(2)20-17-12(3)8-15(22-23-17)14-6-7-16(18(21-14)25-5)24-9-13(4)19-10-24/h6-11H,1-5H3,(H,20,23). The van der Waals surface area contributed by atoms with E-state index in [1.165, 1.54) is 0 Å². The van der Waals surface area contributed by atoms with Crippen LogP contribution in [0.25, 0.3) is 17.1 Å². The molecule has 0 aliphatic heterocycles. The number of hydrogen-bond acceptors (Lipinski definition) is 6. The lowest BCUT2D eigenvalue weighted by molar-refractivity contribution is 0.396. The van der Waals surface area contributed by atoms with E-state index in [0.717, 1.165) is 22.8 Å². The quantitative estimate of drug-likeness (QED) is 0.770. The number of nitrogens with zero attached hydrogens (tertiary/aromatic N) is 5. The fraction of sp³-hybridized carbons (Fsp3) is 0.333. The van der Waals surface area contributed by atoms with Crippen molar-refractivity contribution in [3.8, 4) is 23.0 Å². The molecule has 0 amide bonds. The van der Waals surface area contributed by atoms with E-state index < -0.39 is 0 Å². The topological polar surface area (TPSA) is 77.8 Å². The Morgan fingerprint density at radius 1 is 1.12 bits per heavy atom. The summed E-state index contributed by atoms with van der Waals surface area (Å²) < 4.78 is 7.34. The molecule has 0 unspecified atom stereocenters. The molecule has 25 heavy (non-hydrogen) atoms. The molecule has 0 aliphatic rings. The minimum absolute atomic E-state index is 0.301. The molecule has 0 bridgehead atoms. The van der Waals surface area contributed by atoms with Crippen molar-refractivity contribution in [3.05, 3.63) is 42.0 Å². The van der Waals surface area contributed by atoms with Crippen LogP contribution in [0.2, 0.25) is 0 Å². The van der Waals surface area contributed by atoms with Gasteiger partial charge in [-0.3, -0.25) is 0 Å². The van der Waals surface area contributed by atoms with Crippen molar-refractivity contribution in [2.45, 2.75) is 33.7 Å². The zero-order chi connectivity index (χ0) is 18.0. The normalized spacial score (nSPS) is 11.0. The van der Waals surface area contributed by atoms with E-state index in [1.807, 2.05) is 42.8 Å². The highest BCUT2D eigenvalue weighted by Gasteiger charge is 2.12. The Morgan fingerprint density at radius 2 is 1.92 bits per heavy atom. The molecule has 7 nitrogen and oxygen atoms in total. The van der Waals surface area contributed by atoms with Crippen molar-refractivity contribution in [2.75, 3.05) is 12.4 Å². The number of rotatable bonds is 5. The van der Waals surface area contributed by atoms with E-state index in [4.69, 9.17) is 4.74 Å². The molecule has 1 N–H and O–H groups in total. The first kappa shape index (κ1) is 16.9. The average Bonchev–Trinajstić information content (AvgIpc) is 3.02. The summed E-state index contributed by atoms with van der Waals surface area (Å²) in [6.45, 7) is 8.08. The van der Waals surface area contributed by atoms with Gasteiger partial charge in [0.1, 0.15) is 11.4 Å². The third-order valence-electron chi connectivity index (χ3n) is 3.70. The highest BCUT2D eigenvalue weighted by molar-refractivity contribution is 5.61. The lowest BCUT2D eigenvalue weighted by Gasteiger charge is -2.12. The fourth-order valence-corrected chi connectivity index (χ4v) is 2.50. The molecule has 0 spiro atoms. The van der Waals surface area contributed by atoms with Gasteiger partial charge in [0.25, 0.3) is 0 Å². The van der Waals surface area contributed by atoms with Crippen LogP contribution in [0, 0.1) is 13.8 Å². The first-order valence-electron chi connectivity index (χ1n) is 8.15. The number of ether oxygens (including phenoxy) is 1. The van der Waals surface area contributed by atoms with Crippen molar-refractivity contribution >= 4 is 5.82 Å². The average molecular weight is 338 g/mol. The van der Waals surface area contributed by atoms with E-state index in [0.29, 0.717) is 23.3 Å². The second kappa shape index (κ2) is 6.88. The maximum atomic E-state index is 5.46. The molecule has 0 aromatic carbocycles. The van der Waals surface area contributed by atoms with Crippen molar-refractivity contribution in [1.29, 1.82) is 0 Å². The number of aryl methyl sites for hydroxylation is 2. The lowest BCUT2D eigenvalue weighted by atomic mass is 10.2. The second-order valence-electron chi connectivity index (χ2n) is 6.21. The maximum absolute atomic E-state index is 5.46. The van der Waals surface area contributed by atoms with Gasteiger partial charge in [0, 0.05) is 12.2 Å². The van der Waals surface area contributed by atoms with Crippen LogP contribution in [0.4, 0.5) is 5.82 Å². The summed E-state index contributed by atoms with van der Waals surface area (Å²) in [5.74, 6) is 1.30. The van der Waals surface area contributed by atoms with Crippen LogP contribution in [0.3, 0.4) is 0 Å². The van der Waals surface area contributed by atoms with E-state index in [-0.39, 0.29) is 0 Å². The molecular formula is C18H22N6O. The predicted octanol–water partition coefficient (Wildman–Crippen LogP) is 3.17. The number of aromatic nitrogens is 5. The fourth-order valence-electron chi connectivity index (χ4n) is 2.50.